The number of hydrogen-bond acceptors (Lipinski definition) is 5. The van der Waals surface area contributed by atoms with Crippen LogP contribution in [0.1, 0.15) is 21.7 Å². The van der Waals surface area contributed by atoms with E-state index in [1.54, 1.807) is 24.1 Å². The van der Waals surface area contributed by atoms with Gasteiger partial charge in [0.1, 0.15) is 16.6 Å². The molecule has 0 N–H and O–H groups in total. The molecule has 126 valence electrons. The molecule has 4 rings (SSSR count). The molecule has 4 heterocycles. The number of hydrogen-bond donors (Lipinski definition) is 0. The van der Waals surface area contributed by atoms with Crippen LogP contribution >= 0.6 is 0 Å². The SMILES string of the molecule is COC(=O)c1nn(C)c2c3ncccc3n(Cc3ncccc3C)c12. The molecule has 0 aliphatic rings. The van der Waals surface area contributed by atoms with Gasteiger partial charge in [0.25, 0.3) is 0 Å². The highest BCUT2D eigenvalue weighted by Crippen LogP contribution is 2.30. The summed E-state index contributed by atoms with van der Waals surface area (Å²) in [5.74, 6) is -0.465. The second-order valence-electron chi connectivity index (χ2n) is 5.89. The lowest BCUT2D eigenvalue weighted by Crippen LogP contribution is -2.08. The number of rotatable bonds is 3. The number of methoxy groups -OCH3 is 1. The number of pyridine rings is 2. The zero-order valence-corrected chi connectivity index (χ0v) is 14.2. The lowest BCUT2D eigenvalue weighted by Gasteiger charge is -2.09. The molecule has 0 amide bonds. The highest BCUT2D eigenvalue weighted by atomic mass is 16.5. The normalized spacial score (nSPS) is 11.3. The van der Waals surface area contributed by atoms with Gasteiger partial charge in [-0.05, 0) is 30.7 Å². The Hall–Kier alpha value is -3.22. The van der Waals surface area contributed by atoms with Gasteiger partial charge in [0.2, 0.25) is 0 Å². The molecule has 0 atom stereocenters. The van der Waals surface area contributed by atoms with Crippen LogP contribution in [0.15, 0.2) is 36.7 Å². The van der Waals surface area contributed by atoms with Crippen molar-refractivity contribution in [3.05, 3.63) is 53.6 Å². The molecule has 0 fully saturated rings. The minimum Gasteiger partial charge on any atom is -0.464 e. The largest absolute Gasteiger partial charge is 0.464 e. The van der Waals surface area contributed by atoms with Gasteiger partial charge in [-0.1, -0.05) is 6.07 Å². The second kappa shape index (κ2) is 5.70. The van der Waals surface area contributed by atoms with E-state index in [9.17, 15) is 4.79 Å². The zero-order valence-electron chi connectivity index (χ0n) is 14.2. The van der Waals surface area contributed by atoms with Crippen LogP contribution in [0.2, 0.25) is 0 Å². The fourth-order valence-electron chi connectivity index (χ4n) is 3.18. The summed E-state index contributed by atoms with van der Waals surface area (Å²) in [5, 5.41) is 4.36. The first kappa shape index (κ1) is 15.3. The van der Waals surface area contributed by atoms with Crippen molar-refractivity contribution in [1.29, 1.82) is 0 Å². The fraction of sp³-hybridized carbons (Fsp3) is 0.222. The quantitative estimate of drug-likeness (QED) is 0.538. The van der Waals surface area contributed by atoms with Crippen molar-refractivity contribution < 1.29 is 9.53 Å². The van der Waals surface area contributed by atoms with Gasteiger partial charge >= 0.3 is 5.97 Å². The molecule has 7 nitrogen and oxygen atoms in total. The Kier molecular flexibility index (Phi) is 3.49. The van der Waals surface area contributed by atoms with E-state index in [4.69, 9.17) is 4.74 Å². The maximum atomic E-state index is 12.2. The van der Waals surface area contributed by atoms with Gasteiger partial charge in [0.05, 0.1) is 24.9 Å². The maximum Gasteiger partial charge on any atom is 0.360 e. The fourth-order valence-corrected chi connectivity index (χ4v) is 3.18. The molecule has 0 aliphatic heterocycles. The van der Waals surface area contributed by atoms with Crippen molar-refractivity contribution in [3.8, 4) is 0 Å². The van der Waals surface area contributed by atoms with Crippen LogP contribution in [0.4, 0.5) is 0 Å². The van der Waals surface area contributed by atoms with Crippen LogP contribution in [-0.2, 0) is 18.3 Å². The highest BCUT2D eigenvalue weighted by molar-refractivity contribution is 6.11. The number of ether oxygens (including phenoxy) is 1. The van der Waals surface area contributed by atoms with Crippen molar-refractivity contribution in [1.82, 2.24) is 24.3 Å². The average Bonchev–Trinajstić information content (AvgIpc) is 3.13. The number of carbonyl (C=O) groups excluding carboxylic acids is 1. The predicted molar refractivity (Wildman–Crippen MR) is 93.4 cm³/mol. The Balaban J connectivity index is 2.06. The summed E-state index contributed by atoms with van der Waals surface area (Å²) in [6.07, 6.45) is 3.51. The van der Waals surface area contributed by atoms with E-state index in [0.29, 0.717) is 12.1 Å². The number of aryl methyl sites for hydroxylation is 2. The summed E-state index contributed by atoms with van der Waals surface area (Å²) in [6.45, 7) is 2.54. The number of fused-ring (bicyclic) bond motifs is 3. The van der Waals surface area contributed by atoms with E-state index in [1.807, 2.05) is 35.8 Å². The zero-order chi connectivity index (χ0) is 17.6. The van der Waals surface area contributed by atoms with Crippen molar-refractivity contribution in [2.75, 3.05) is 7.11 Å². The summed E-state index contributed by atoms with van der Waals surface area (Å²) in [7, 11) is 3.16. The van der Waals surface area contributed by atoms with Gasteiger partial charge in [-0.3, -0.25) is 14.6 Å². The molecule has 0 bridgehead atoms. The van der Waals surface area contributed by atoms with Gasteiger partial charge in [0, 0.05) is 19.4 Å². The van der Waals surface area contributed by atoms with E-state index >= 15 is 0 Å². The molecule has 0 saturated carbocycles. The number of nitrogens with zero attached hydrogens (tertiary/aromatic N) is 5. The van der Waals surface area contributed by atoms with Gasteiger partial charge in [0.15, 0.2) is 5.69 Å². The lowest BCUT2D eigenvalue weighted by molar-refractivity contribution is 0.0595. The van der Waals surface area contributed by atoms with Gasteiger partial charge in [-0.25, -0.2) is 4.79 Å². The van der Waals surface area contributed by atoms with Gasteiger partial charge in [-0.15, -0.1) is 0 Å². The molecule has 25 heavy (non-hydrogen) atoms. The first-order chi connectivity index (χ1) is 12.1. The average molecular weight is 335 g/mol. The number of aromatic nitrogens is 5. The van der Waals surface area contributed by atoms with Crippen molar-refractivity contribution in [3.63, 3.8) is 0 Å². The van der Waals surface area contributed by atoms with Crippen molar-refractivity contribution >= 4 is 28.0 Å². The summed E-state index contributed by atoms with van der Waals surface area (Å²) >= 11 is 0. The monoisotopic (exact) mass is 335 g/mol. The third-order valence-electron chi connectivity index (χ3n) is 4.40. The molecule has 0 spiro atoms. The third-order valence-corrected chi connectivity index (χ3v) is 4.40. The summed E-state index contributed by atoms with van der Waals surface area (Å²) in [5.41, 5.74) is 5.57. The van der Waals surface area contributed by atoms with Crippen LogP contribution in [-0.4, -0.2) is 37.4 Å². The molecule has 0 unspecified atom stereocenters. The van der Waals surface area contributed by atoms with Crippen molar-refractivity contribution in [2.24, 2.45) is 7.05 Å². The Morgan fingerprint density at radius 3 is 2.68 bits per heavy atom. The summed E-state index contributed by atoms with van der Waals surface area (Å²) in [6, 6.07) is 7.80. The van der Waals surface area contributed by atoms with E-state index in [1.165, 1.54) is 7.11 Å². The summed E-state index contributed by atoms with van der Waals surface area (Å²) in [4.78, 5) is 21.2. The Labute approximate surface area is 143 Å². The standard InChI is InChI=1S/C18H17N5O2/c1-11-6-4-8-19-12(11)10-23-13-7-5-9-20-14(13)16-17(23)15(18(24)25-3)21-22(16)2/h4-9H,10H2,1-3H3. The molecule has 0 aliphatic carbocycles. The summed E-state index contributed by atoms with van der Waals surface area (Å²) < 4.78 is 8.63. The molecule has 4 aromatic heterocycles. The second-order valence-corrected chi connectivity index (χ2v) is 5.89. The van der Waals surface area contributed by atoms with Crippen LogP contribution in [0, 0.1) is 6.92 Å². The Morgan fingerprint density at radius 2 is 1.92 bits per heavy atom. The highest BCUT2D eigenvalue weighted by Gasteiger charge is 2.25. The van der Waals surface area contributed by atoms with E-state index in [-0.39, 0.29) is 5.69 Å². The van der Waals surface area contributed by atoms with Gasteiger partial charge in [-0.2, -0.15) is 5.10 Å². The first-order valence-corrected chi connectivity index (χ1v) is 7.90. The molecule has 0 saturated heterocycles. The topological polar surface area (TPSA) is 74.8 Å². The Morgan fingerprint density at radius 1 is 1.16 bits per heavy atom. The van der Waals surface area contributed by atoms with Crippen LogP contribution < -0.4 is 0 Å². The molecule has 0 aromatic carbocycles. The first-order valence-electron chi connectivity index (χ1n) is 7.90. The van der Waals surface area contributed by atoms with E-state index in [0.717, 1.165) is 27.8 Å². The lowest BCUT2D eigenvalue weighted by atomic mass is 10.2. The molecular weight excluding hydrogens is 318 g/mol. The third kappa shape index (κ3) is 2.27. The van der Waals surface area contributed by atoms with Crippen LogP contribution in [0.5, 0.6) is 0 Å². The molecule has 4 aromatic rings. The van der Waals surface area contributed by atoms with Gasteiger partial charge < -0.3 is 9.30 Å². The van der Waals surface area contributed by atoms with E-state index in [2.05, 4.69) is 15.1 Å². The number of esters is 1. The van der Waals surface area contributed by atoms with Crippen molar-refractivity contribution in [2.45, 2.75) is 13.5 Å². The van der Waals surface area contributed by atoms with E-state index < -0.39 is 5.97 Å². The minimum absolute atomic E-state index is 0.284. The van der Waals surface area contributed by atoms with Crippen LogP contribution in [0.25, 0.3) is 22.1 Å². The number of carbonyl (C=O) groups is 1. The molecule has 7 heteroatoms. The predicted octanol–water partition coefficient (Wildman–Crippen LogP) is 2.46. The molecular formula is C18H17N5O2. The molecule has 0 radical (unpaired) electrons. The minimum atomic E-state index is -0.465. The van der Waals surface area contributed by atoms with Crippen LogP contribution in [0.3, 0.4) is 0 Å². The Bertz CT molecular complexity index is 1110. The smallest absolute Gasteiger partial charge is 0.360 e. The maximum absolute atomic E-state index is 12.2.